The van der Waals surface area contributed by atoms with Gasteiger partial charge < -0.3 is 0 Å². The molecule has 92 valence electrons. The Morgan fingerprint density at radius 1 is 0.895 bits per heavy atom. The molecule has 3 aromatic rings. The molecule has 0 saturated carbocycles. The van der Waals surface area contributed by atoms with Crippen LogP contribution in [-0.4, -0.2) is 9.91 Å². The van der Waals surface area contributed by atoms with Gasteiger partial charge in [-0.1, -0.05) is 12.1 Å². The van der Waals surface area contributed by atoms with Crippen molar-refractivity contribution in [2.45, 2.75) is 0 Å². The summed E-state index contributed by atoms with van der Waals surface area (Å²) in [5.41, 5.74) is 2.10. The zero-order chi connectivity index (χ0) is 13.2. The summed E-state index contributed by atoms with van der Waals surface area (Å²) in [4.78, 5) is 14.3. The zero-order valence-electron chi connectivity index (χ0n) is 9.98. The summed E-state index contributed by atoms with van der Waals surface area (Å²) in [6.45, 7) is 0. The minimum atomic E-state index is -0.393. The van der Waals surface area contributed by atoms with Crippen LogP contribution in [0.15, 0.2) is 60.9 Å². The lowest BCUT2D eigenvalue weighted by Gasteiger charge is -2.03. The molecule has 1 heterocycles. The van der Waals surface area contributed by atoms with Crippen molar-refractivity contribution in [2.75, 3.05) is 0 Å². The average Bonchev–Trinajstić information content (AvgIpc) is 2.47. The highest BCUT2D eigenvalue weighted by atomic mass is 16.6. The Hall–Kier alpha value is -2.75. The predicted octanol–water partition coefficient (Wildman–Crippen LogP) is 3.81. The standard InChI is InChI=1S/C15H10N2O2/c18-17(19)15-5-3-11(4-6-15)12-1-2-14-10-16-8-7-13(14)9-12/h1-10H. The molecule has 0 saturated heterocycles. The second-order valence-corrected chi connectivity index (χ2v) is 4.24. The smallest absolute Gasteiger partial charge is 0.264 e. The summed E-state index contributed by atoms with van der Waals surface area (Å²) in [5.74, 6) is 0. The van der Waals surface area contributed by atoms with Crippen LogP contribution in [0, 0.1) is 10.1 Å². The van der Waals surface area contributed by atoms with Gasteiger partial charge in [-0.05, 0) is 40.8 Å². The topological polar surface area (TPSA) is 56.0 Å². The molecule has 4 heteroatoms. The maximum atomic E-state index is 10.6. The first-order chi connectivity index (χ1) is 9.24. The molecule has 1 aromatic heterocycles. The van der Waals surface area contributed by atoms with E-state index in [2.05, 4.69) is 11.1 Å². The summed E-state index contributed by atoms with van der Waals surface area (Å²) in [5, 5.41) is 12.8. The summed E-state index contributed by atoms with van der Waals surface area (Å²) in [7, 11) is 0. The minimum absolute atomic E-state index is 0.105. The molecule has 0 spiro atoms. The van der Waals surface area contributed by atoms with E-state index in [9.17, 15) is 10.1 Å². The van der Waals surface area contributed by atoms with Crippen LogP contribution in [-0.2, 0) is 0 Å². The van der Waals surface area contributed by atoms with E-state index in [4.69, 9.17) is 0 Å². The average molecular weight is 250 g/mol. The fraction of sp³-hybridized carbons (Fsp3) is 0. The first-order valence-corrected chi connectivity index (χ1v) is 5.83. The highest BCUT2D eigenvalue weighted by Crippen LogP contribution is 2.25. The Balaban J connectivity index is 2.06. The Kier molecular flexibility index (Phi) is 2.68. The summed E-state index contributed by atoms with van der Waals surface area (Å²) in [6, 6.07) is 14.6. The fourth-order valence-electron chi connectivity index (χ4n) is 2.04. The van der Waals surface area contributed by atoms with E-state index in [1.54, 1.807) is 18.3 Å². The van der Waals surface area contributed by atoms with Crippen molar-refractivity contribution in [1.29, 1.82) is 0 Å². The predicted molar refractivity (Wildman–Crippen MR) is 73.8 cm³/mol. The Morgan fingerprint density at radius 2 is 1.63 bits per heavy atom. The van der Waals surface area contributed by atoms with Gasteiger partial charge in [0.2, 0.25) is 0 Å². The molecule has 0 aliphatic rings. The molecule has 2 aromatic carbocycles. The van der Waals surface area contributed by atoms with E-state index in [1.807, 2.05) is 24.4 Å². The van der Waals surface area contributed by atoms with E-state index in [0.717, 1.165) is 21.9 Å². The summed E-state index contributed by atoms with van der Waals surface area (Å²) in [6.07, 6.45) is 3.57. The van der Waals surface area contributed by atoms with Crippen molar-refractivity contribution in [2.24, 2.45) is 0 Å². The highest BCUT2D eigenvalue weighted by Gasteiger charge is 2.05. The van der Waals surface area contributed by atoms with Crippen molar-refractivity contribution in [3.05, 3.63) is 71.0 Å². The molecule has 0 aliphatic carbocycles. The van der Waals surface area contributed by atoms with Gasteiger partial charge in [0.1, 0.15) is 0 Å². The van der Waals surface area contributed by atoms with Crippen LogP contribution in [0.25, 0.3) is 21.9 Å². The molecule has 0 N–H and O–H groups in total. The second-order valence-electron chi connectivity index (χ2n) is 4.24. The molecule has 0 aliphatic heterocycles. The molecule has 0 amide bonds. The van der Waals surface area contributed by atoms with Gasteiger partial charge in [-0.3, -0.25) is 15.1 Å². The molecule has 0 atom stereocenters. The summed E-state index contributed by atoms with van der Waals surface area (Å²) < 4.78 is 0. The maximum Gasteiger partial charge on any atom is 0.269 e. The number of rotatable bonds is 2. The number of non-ortho nitro benzene ring substituents is 1. The second kappa shape index (κ2) is 4.49. The van der Waals surface area contributed by atoms with E-state index < -0.39 is 4.92 Å². The zero-order valence-corrected chi connectivity index (χ0v) is 9.98. The summed E-state index contributed by atoms with van der Waals surface area (Å²) >= 11 is 0. The molecule has 0 bridgehead atoms. The van der Waals surface area contributed by atoms with Crippen LogP contribution in [0.5, 0.6) is 0 Å². The highest BCUT2D eigenvalue weighted by molar-refractivity contribution is 5.86. The molecule has 3 rings (SSSR count). The molecular weight excluding hydrogens is 240 g/mol. The molecule has 0 radical (unpaired) electrons. The third-order valence-corrected chi connectivity index (χ3v) is 3.05. The van der Waals surface area contributed by atoms with Gasteiger partial charge in [0.05, 0.1) is 4.92 Å². The number of hydrogen-bond donors (Lipinski definition) is 0. The molecule has 0 unspecified atom stereocenters. The van der Waals surface area contributed by atoms with E-state index in [0.29, 0.717) is 0 Å². The van der Waals surface area contributed by atoms with E-state index in [-0.39, 0.29) is 5.69 Å². The minimum Gasteiger partial charge on any atom is -0.264 e. The van der Waals surface area contributed by atoms with Crippen molar-refractivity contribution >= 4 is 16.5 Å². The Labute approximate surface area is 109 Å². The first-order valence-electron chi connectivity index (χ1n) is 5.83. The first kappa shape index (κ1) is 11.3. The lowest BCUT2D eigenvalue weighted by Crippen LogP contribution is -1.87. The van der Waals surface area contributed by atoms with Gasteiger partial charge >= 0.3 is 0 Å². The molecule has 0 fully saturated rings. The van der Waals surface area contributed by atoms with Crippen LogP contribution < -0.4 is 0 Å². The van der Waals surface area contributed by atoms with Gasteiger partial charge in [0.15, 0.2) is 0 Å². The fourth-order valence-corrected chi connectivity index (χ4v) is 2.04. The number of fused-ring (bicyclic) bond motifs is 1. The van der Waals surface area contributed by atoms with Crippen molar-refractivity contribution in [3.8, 4) is 11.1 Å². The Bertz CT molecular complexity index is 751. The third kappa shape index (κ3) is 2.15. The number of nitro groups is 1. The van der Waals surface area contributed by atoms with E-state index >= 15 is 0 Å². The van der Waals surface area contributed by atoms with Gasteiger partial charge in [0, 0.05) is 29.9 Å². The number of nitro benzene ring substituents is 1. The molecule has 19 heavy (non-hydrogen) atoms. The van der Waals surface area contributed by atoms with Gasteiger partial charge in [-0.25, -0.2) is 0 Å². The van der Waals surface area contributed by atoms with Crippen LogP contribution in [0.3, 0.4) is 0 Å². The number of pyridine rings is 1. The van der Waals surface area contributed by atoms with Crippen LogP contribution >= 0.6 is 0 Å². The largest absolute Gasteiger partial charge is 0.269 e. The van der Waals surface area contributed by atoms with Crippen LogP contribution in [0.4, 0.5) is 5.69 Å². The van der Waals surface area contributed by atoms with E-state index in [1.165, 1.54) is 12.1 Å². The van der Waals surface area contributed by atoms with Crippen molar-refractivity contribution in [1.82, 2.24) is 4.98 Å². The van der Waals surface area contributed by atoms with Crippen LogP contribution in [0.1, 0.15) is 0 Å². The number of hydrogen-bond acceptors (Lipinski definition) is 3. The van der Waals surface area contributed by atoms with Crippen molar-refractivity contribution in [3.63, 3.8) is 0 Å². The monoisotopic (exact) mass is 250 g/mol. The third-order valence-electron chi connectivity index (χ3n) is 3.05. The molecular formula is C15H10N2O2. The maximum absolute atomic E-state index is 10.6. The van der Waals surface area contributed by atoms with Crippen molar-refractivity contribution < 1.29 is 4.92 Å². The lowest BCUT2D eigenvalue weighted by molar-refractivity contribution is -0.384. The molecule has 4 nitrogen and oxygen atoms in total. The SMILES string of the molecule is O=[N+]([O-])c1ccc(-c2ccc3cnccc3c2)cc1. The number of benzene rings is 2. The van der Waals surface area contributed by atoms with Gasteiger partial charge in [-0.2, -0.15) is 0 Å². The lowest BCUT2D eigenvalue weighted by atomic mass is 10.0. The van der Waals surface area contributed by atoms with Crippen LogP contribution in [0.2, 0.25) is 0 Å². The van der Waals surface area contributed by atoms with Gasteiger partial charge in [-0.15, -0.1) is 0 Å². The Morgan fingerprint density at radius 3 is 2.37 bits per heavy atom. The number of aromatic nitrogens is 1. The van der Waals surface area contributed by atoms with Gasteiger partial charge in [0.25, 0.3) is 5.69 Å². The number of nitrogens with zero attached hydrogens (tertiary/aromatic N) is 2. The quantitative estimate of drug-likeness (QED) is 0.513. The normalized spacial score (nSPS) is 10.5.